The van der Waals surface area contributed by atoms with Crippen LogP contribution in [-0.2, 0) is 40.0 Å². The molecule has 0 bridgehead atoms. The van der Waals surface area contributed by atoms with E-state index >= 15 is 0 Å². The molecule has 4 rings (SSSR count). The zero-order chi connectivity index (χ0) is 41.8. The Bertz CT molecular complexity index is 1820. The lowest BCUT2D eigenvalue weighted by molar-refractivity contribution is -0.145. The highest BCUT2D eigenvalue weighted by atomic mass is 31.2. The lowest BCUT2D eigenvalue weighted by Gasteiger charge is -2.24. The molecule has 0 radical (unpaired) electrons. The Hall–Kier alpha value is -3.67. The molecule has 1 unspecified atom stereocenters. The molecule has 58 heavy (non-hydrogen) atoms. The van der Waals surface area contributed by atoms with Gasteiger partial charge >= 0.3 is 7.82 Å². The summed E-state index contributed by atoms with van der Waals surface area (Å²) in [5, 5.41) is 45.4. The molecule has 1 saturated heterocycles. The number of aliphatic hydroxyl groups excluding tert-OH is 2. The van der Waals surface area contributed by atoms with E-state index in [4.69, 9.17) is 33.7 Å². The number of phosphoric ester groups is 1. The quantitative estimate of drug-likeness (QED) is 0.0408. The maximum Gasteiger partial charge on any atom is 0.474 e. The molecule has 0 spiro atoms. The molecule has 0 saturated carbocycles. The third-order valence-electron chi connectivity index (χ3n) is 10.3. The zero-order valence-corrected chi connectivity index (χ0v) is 34.8. The first kappa shape index (κ1) is 47.0. The molecule has 0 aliphatic carbocycles. The molecule has 0 amide bonds. The first-order chi connectivity index (χ1) is 28.1. The Morgan fingerprint density at radius 1 is 0.948 bits per heavy atom. The molecular formula is C41H61N6O10P. The molecule has 2 aromatic heterocycles. The molecule has 16 nitrogen and oxygen atoms in total. The number of nitrogens with zero attached hydrogens (tertiary/aromatic N) is 5. The summed E-state index contributed by atoms with van der Waals surface area (Å²) in [5.74, 6) is 0.575. The Kier molecular flexibility index (Phi) is 19.8. The zero-order valence-electron chi connectivity index (χ0n) is 33.9. The summed E-state index contributed by atoms with van der Waals surface area (Å²) in [7, 11) is -3.53. The summed E-state index contributed by atoms with van der Waals surface area (Å²) in [4.78, 5) is 14.6. The van der Waals surface area contributed by atoms with Gasteiger partial charge < -0.3 is 39.8 Å². The van der Waals surface area contributed by atoms with E-state index in [2.05, 4.69) is 23.1 Å². The molecule has 5 N–H and O–H groups in total. The topological polar surface area (TPSA) is 237 Å². The van der Waals surface area contributed by atoms with Crippen LogP contribution in [0.15, 0.2) is 36.7 Å². The van der Waals surface area contributed by atoms with E-state index in [9.17, 15) is 30.2 Å². The lowest BCUT2D eigenvalue weighted by Crippen LogP contribution is -2.40. The molecule has 1 aromatic carbocycles. The van der Waals surface area contributed by atoms with Gasteiger partial charge in [-0.2, -0.15) is 15.6 Å². The number of hydrogen-bond acceptors (Lipinski definition) is 14. The Morgan fingerprint density at radius 2 is 1.59 bits per heavy atom. The average molecular weight is 829 g/mol. The van der Waals surface area contributed by atoms with Crippen molar-refractivity contribution < 1.29 is 47.7 Å². The number of nitriles is 2. The number of nitrogens with two attached hydrogens (primary N) is 1. The predicted molar refractivity (Wildman–Crippen MR) is 215 cm³/mol. The van der Waals surface area contributed by atoms with Crippen molar-refractivity contribution >= 4 is 19.2 Å². The minimum Gasteiger partial charge on any atom is -0.496 e. The number of methoxy groups -OCH3 is 1. The molecule has 1 fully saturated rings. The van der Waals surface area contributed by atoms with Gasteiger partial charge in [-0.25, -0.2) is 14.1 Å². The van der Waals surface area contributed by atoms with E-state index in [-0.39, 0.29) is 24.7 Å². The van der Waals surface area contributed by atoms with Crippen LogP contribution in [0.3, 0.4) is 0 Å². The lowest BCUT2D eigenvalue weighted by atomic mass is 9.93. The highest BCUT2D eigenvalue weighted by Crippen LogP contribution is 2.50. The summed E-state index contributed by atoms with van der Waals surface area (Å²) < 4.78 is 47.9. The summed E-state index contributed by atoms with van der Waals surface area (Å²) in [6, 6.07) is 11.7. The highest BCUT2D eigenvalue weighted by molar-refractivity contribution is 7.47. The summed E-state index contributed by atoms with van der Waals surface area (Å²) >= 11 is 0. The van der Waals surface area contributed by atoms with Gasteiger partial charge in [-0.15, -0.1) is 0 Å². The van der Waals surface area contributed by atoms with Gasteiger partial charge in [0, 0.05) is 12.2 Å². The van der Waals surface area contributed by atoms with Crippen molar-refractivity contribution in [2.45, 2.75) is 146 Å². The van der Waals surface area contributed by atoms with Crippen molar-refractivity contribution in [3.63, 3.8) is 0 Å². The molecule has 6 atom stereocenters. The molecule has 320 valence electrons. The van der Waals surface area contributed by atoms with Crippen LogP contribution in [0.25, 0.3) is 5.52 Å². The second-order valence-corrected chi connectivity index (χ2v) is 16.2. The second-order valence-electron chi connectivity index (χ2n) is 14.7. The van der Waals surface area contributed by atoms with Gasteiger partial charge in [0.25, 0.3) is 0 Å². The van der Waals surface area contributed by atoms with Crippen LogP contribution in [0.5, 0.6) is 5.75 Å². The largest absolute Gasteiger partial charge is 0.496 e. The molecule has 17 heteroatoms. The number of unbranched alkanes of at least 4 members (excludes halogenated alkanes) is 15. The van der Waals surface area contributed by atoms with Gasteiger partial charge in [0.15, 0.2) is 12.1 Å². The minimum atomic E-state index is -5.02. The normalized spacial score (nSPS) is 20.8. The molecule has 1 aliphatic rings. The van der Waals surface area contributed by atoms with Crippen molar-refractivity contribution in [1.82, 2.24) is 14.6 Å². The number of rotatable bonds is 29. The maximum atomic E-state index is 13.2. The molecular weight excluding hydrogens is 767 g/mol. The van der Waals surface area contributed by atoms with E-state index in [1.165, 1.54) is 107 Å². The maximum absolute atomic E-state index is 13.2. The van der Waals surface area contributed by atoms with E-state index in [0.717, 1.165) is 25.6 Å². The first-order valence-electron chi connectivity index (χ1n) is 20.5. The molecule has 1 aliphatic heterocycles. The standard InChI is InChI=1S/C41H61N6O10P/c1-3-4-5-6-7-8-9-10-11-12-13-14-15-16-17-18-23-53-27-33(54-26-32-24-31(25-42)19-21-35(32)52-2)28-55-58(50,51)57-40-37(48)38(49)41(29-43,56-40)36-22-20-34-39(44)45-30-46-47(34)36/h19-22,24,30,33,37-38,40,48-49H,3-18,23,26-28H2,1-2H3,(H,50,51)(H2,44,45,46)/t33-,37+,38-,40-,41+/m1/s1. The Balaban J connectivity index is 1.24. The average Bonchev–Trinajstić information content (AvgIpc) is 3.77. The number of hydrogen-bond donors (Lipinski definition) is 4. The SMILES string of the molecule is CCCCCCCCCCCCCCCCCCOC[C@H](COP(=O)(O)O[C@H]1O[C@@](C#N)(c2ccc3c(N)ncnn23)[C@H](O)[C@@H]1O)OCc1cc(C#N)ccc1OC. The monoisotopic (exact) mass is 828 g/mol. The van der Waals surface area contributed by atoms with E-state index < -0.39 is 44.6 Å². The van der Waals surface area contributed by atoms with Gasteiger partial charge in [-0.3, -0.25) is 9.05 Å². The van der Waals surface area contributed by atoms with Gasteiger partial charge in [0.1, 0.15) is 42.0 Å². The van der Waals surface area contributed by atoms with E-state index in [1.807, 2.05) is 6.07 Å². The highest BCUT2D eigenvalue weighted by Gasteiger charge is 2.59. The van der Waals surface area contributed by atoms with Crippen LogP contribution in [0.1, 0.15) is 126 Å². The van der Waals surface area contributed by atoms with Crippen LogP contribution in [0.2, 0.25) is 0 Å². The smallest absolute Gasteiger partial charge is 0.474 e. The van der Waals surface area contributed by atoms with Crippen molar-refractivity contribution in [3.05, 3.63) is 53.5 Å². The van der Waals surface area contributed by atoms with Crippen molar-refractivity contribution in [1.29, 1.82) is 10.5 Å². The van der Waals surface area contributed by atoms with Gasteiger partial charge in [0.05, 0.1) is 44.3 Å². The third kappa shape index (κ3) is 13.7. The number of aromatic nitrogens is 3. The van der Waals surface area contributed by atoms with Gasteiger partial charge in [-0.05, 0) is 36.8 Å². The number of phosphoric acid groups is 1. The van der Waals surface area contributed by atoms with E-state index in [1.54, 1.807) is 18.2 Å². The number of nitrogen functional groups attached to an aromatic ring is 1. The second kappa shape index (κ2) is 24.4. The number of ether oxygens (including phenoxy) is 4. The van der Waals surface area contributed by atoms with Gasteiger partial charge in [-0.1, -0.05) is 103 Å². The van der Waals surface area contributed by atoms with Crippen molar-refractivity contribution in [2.24, 2.45) is 0 Å². The summed E-state index contributed by atoms with van der Waals surface area (Å²) in [6.07, 6.45) is 14.6. The fourth-order valence-electron chi connectivity index (χ4n) is 7.01. The number of benzene rings is 1. The third-order valence-corrected chi connectivity index (χ3v) is 11.3. The minimum absolute atomic E-state index is 0.00405. The van der Waals surface area contributed by atoms with Crippen LogP contribution in [-0.4, -0.2) is 81.2 Å². The fraction of sp³-hybridized carbons (Fsp3) is 0.659. The Morgan fingerprint density at radius 3 is 2.19 bits per heavy atom. The van der Waals surface area contributed by atoms with E-state index in [0.29, 0.717) is 29.0 Å². The Labute approximate surface area is 341 Å². The number of aliphatic hydroxyl groups is 2. The molecule has 3 aromatic rings. The number of fused-ring (bicyclic) bond motifs is 1. The van der Waals surface area contributed by atoms with Crippen LogP contribution in [0.4, 0.5) is 5.82 Å². The van der Waals surface area contributed by atoms with Crippen LogP contribution < -0.4 is 10.5 Å². The fourth-order valence-corrected chi connectivity index (χ4v) is 7.86. The van der Waals surface area contributed by atoms with Crippen molar-refractivity contribution in [3.8, 4) is 17.9 Å². The van der Waals surface area contributed by atoms with Gasteiger partial charge in [0.2, 0.25) is 5.60 Å². The van der Waals surface area contributed by atoms with Crippen LogP contribution >= 0.6 is 7.82 Å². The van der Waals surface area contributed by atoms with Crippen LogP contribution in [0, 0.1) is 22.7 Å². The van der Waals surface area contributed by atoms with Crippen molar-refractivity contribution in [2.75, 3.05) is 32.7 Å². The molecule has 3 heterocycles. The predicted octanol–water partition coefficient (Wildman–Crippen LogP) is 6.99. The number of anilines is 1. The summed E-state index contributed by atoms with van der Waals surface area (Å²) in [5.41, 5.74) is 4.90. The first-order valence-corrected chi connectivity index (χ1v) is 22.0. The summed E-state index contributed by atoms with van der Waals surface area (Å²) in [6.45, 7) is 2.18.